The van der Waals surface area contributed by atoms with Gasteiger partial charge >= 0.3 is 0 Å². The lowest BCUT2D eigenvalue weighted by Crippen LogP contribution is -2.05. The third kappa shape index (κ3) is 2.11. The molecule has 0 aliphatic carbocycles. The van der Waals surface area contributed by atoms with Crippen LogP contribution in [-0.2, 0) is 9.84 Å². The molecule has 0 bridgehead atoms. The fourth-order valence-corrected chi connectivity index (χ4v) is 1.75. The monoisotopic (exact) mass is 244 g/mol. The van der Waals surface area contributed by atoms with Gasteiger partial charge in [-0.15, -0.1) is 0 Å². The van der Waals surface area contributed by atoms with Crippen LogP contribution in [0.2, 0.25) is 0 Å². The van der Waals surface area contributed by atoms with E-state index in [1.807, 2.05) is 0 Å². The van der Waals surface area contributed by atoms with Gasteiger partial charge in [0.15, 0.2) is 9.84 Å². The van der Waals surface area contributed by atoms with Gasteiger partial charge in [0.25, 0.3) is 0 Å². The van der Waals surface area contributed by atoms with Gasteiger partial charge < -0.3 is 0 Å². The molecule has 0 saturated heterocycles. The summed E-state index contributed by atoms with van der Waals surface area (Å²) in [4.78, 5) is 0.258. The summed E-state index contributed by atoms with van der Waals surface area (Å²) in [5.74, 6) is 0. The van der Waals surface area contributed by atoms with Gasteiger partial charge in [0, 0.05) is 10.1 Å². The summed E-state index contributed by atoms with van der Waals surface area (Å²) in [6, 6.07) is 6.38. The third-order valence-corrected chi connectivity index (χ3v) is 3.35. The number of hydrogen-bond acceptors (Lipinski definition) is 2. The van der Waals surface area contributed by atoms with Crippen LogP contribution >= 0.6 is 15.9 Å². The van der Waals surface area contributed by atoms with E-state index in [0.29, 0.717) is 0 Å². The Bertz CT molecular complexity index is 357. The first-order valence-electron chi connectivity index (χ1n) is 3.24. The van der Waals surface area contributed by atoms with Crippen LogP contribution in [0.5, 0.6) is 0 Å². The van der Waals surface area contributed by atoms with Crippen LogP contribution in [0, 0.1) is 0 Å². The molecule has 0 saturated carbocycles. The molecule has 1 rings (SSSR count). The van der Waals surface area contributed by atoms with Crippen molar-refractivity contribution in [1.82, 2.24) is 0 Å². The fourth-order valence-electron chi connectivity index (χ4n) is 0.738. The van der Waals surface area contributed by atoms with Crippen LogP contribution in [-0.4, -0.2) is 21.9 Å². The molecule has 5 heteroatoms. The highest BCUT2D eigenvalue weighted by molar-refractivity contribution is 9.10. The third-order valence-electron chi connectivity index (χ3n) is 1.39. The molecule has 12 heavy (non-hydrogen) atoms. The van der Waals surface area contributed by atoms with E-state index in [0.717, 1.165) is 4.47 Å². The minimum absolute atomic E-state index is 0.258. The van der Waals surface area contributed by atoms with Crippen molar-refractivity contribution < 1.29 is 8.42 Å². The van der Waals surface area contributed by atoms with Gasteiger partial charge in [-0.1, -0.05) is 15.9 Å². The largest absolute Gasteiger partial charge is 0.224 e. The predicted molar refractivity (Wildman–Crippen MR) is 51.9 cm³/mol. The molecule has 0 fully saturated rings. The van der Waals surface area contributed by atoms with Gasteiger partial charge in [-0.2, -0.15) is 0 Å². The van der Waals surface area contributed by atoms with Gasteiger partial charge in [-0.3, -0.25) is 0 Å². The van der Waals surface area contributed by atoms with Crippen LogP contribution < -0.4 is 0 Å². The molecule has 0 amide bonds. The summed E-state index contributed by atoms with van der Waals surface area (Å²) in [6.07, 6.45) is 0. The Balaban J connectivity index is 3.14. The highest BCUT2D eigenvalue weighted by Gasteiger charge is 2.09. The standard InChI is InChI=1S/C7H6BBrO2S/c8-5-12(10,11)7-3-1-6(9)2-4-7/h1-4H,5H2. The molecule has 0 atom stereocenters. The fraction of sp³-hybridized carbons (Fsp3) is 0.143. The Labute approximate surface area is 81.4 Å². The molecular weight excluding hydrogens is 239 g/mol. The number of halogens is 1. The lowest BCUT2D eigenvalue weighted by Gasteiger charge is -1.99. The maximum absolute atomic E-state index is 11.2. The zero-order valence-electron chi connectivity index (χ0n) is 6.20. The van der Waals surface area contributed by atoms with Crippen LogP contribution in [0.1, 0.15) is 0 Å². The normalized spacial score (nSPS) is 11.4. The van der Waals surface area contributed by atoms with Crippen molar-refractivity contribution in [3.63, 3.8) is 0 Å². The Hall–Kier alpha value is -0.285. The van der Waals surface area contributed by atoms with Crippen molar-refractivity contribution in [1.29, 1.82) is 0 Å². The van der Waals surface area contributed by atoms with E-state index in [4.69, 9.17) is 7.85 Å². The van der Waals surface area contributed by atoms with Crippen LogP contribution in [0.3, 0.4) is 0 Å². The molecule has 0 spiro atoms. The van der Waals surface area contributed by atoms with Gasteiger partial charge in [-0.25, -0.2) is 8.42 Å². The molecule has 0 unspecified atom stereocenters. The molecule has 0 aliphatic rings. The highest BCUT2D eigenvalue weighted by atomic mass is 79.9. The van der Waals surface area contributed by atoms with E-state index in [-0.39, 0.29) is 10.5 Å². The minimum atomic E-state index is -3.26. The Morgan fingerprint density at radius 3 is 2.17 bits per heavy atom. The maximum Gasteiger partial charge on any atom is 0.170 e. The Morgan fingerprint density at radius 2 is 1.75 bits per heavy atom. The van der Waals surface area contributed by atoms with E-state index in [1.165, 1.54) is 12.1 Å². The van der Waals surface area contributed by atoms with Crippen LogP contribution in [0.4, 0.5) is 0 Å². The summed E-state index contributed by atoms with van der Waals surface area (Å²) in [7, 11) is 1.82. The minimum Gasteiger partial charge on any atom is -0.224 e. The molecule has 1 aromatic carbocycles. The summed E-state index contributed by atoms with van der Waals surface area (Å²) in [6.45, 7) is 0. The lowest BCUT2D eigenvalue weighted by molar-refractivity contribution is 0.600. The van der Waals surface area contributed by atoms with Crippen molar-refractivity contribution in [3.05, 3.63) is 28.7 Å². The molecule has 2 nitrogen and oxygen atoms in total. The SMILES string of the molecule is [B]CS(=O)(=O)c1ccc(Br)cc1. The van der Waals surface area contributed by atoms with E-state index >= 15 is 0 Å². The average molecular weight is 245 g/mol. The summed E-state index contributed by atoms with van der Waals surface area (Å²) in [5.41, 5.74) is -0.353. The molecule has 0 aliphatic heterocycles. The quantitative estimate of drug-likeness (QED) is 0.737. The molecular formula is C7H6BBrO2S. The second-order valence-corrected chi connectivity index (χ2v) is 5.19. The molecule has 2 radical (unpaired) electrons. The number of sulfone groups is 1. The van der Waals surface area contributed by atoms with E-state index < -0.39 is 9.84 Å². The zero-order valence-corrected chi connectivity index (χ0v) is 8.60. The smallest absolute Gasteiger partial charge is 0.170 e. The van der Waals surface area contributed by atoms with Crippen molar-refractivity contribution in [2.75, 3.05) is 5.65 Å². The molecule has 62 valence electrons. The van der Waals surface area contributed by atoms with E-state index in [1.54, 1.807) is 12.1 Å². The molecule has 1 aromatic rings. The first-order chi connectivity index (χ1) is 5.56. The molecule has 0 heterocycles. The van der Waals surface area contributed by atoms with Crippen molar-refractivity contribution >= 4 is 33.6 Å². The highest BCUT2D eigenvalue weighted by Crippen LogP contribution is 2.14. The van der Waals surface area contributed by atoms with Crippen molar-refractivity contribution in [3.8, 4) is 0 Å². The number of benzene rings is 1. The Morgan fingerprint density at radius 1 is 1.25 bits per heavy atom. The van der Waals surface area contributed by atoms with Crippen molar-refractivity contribution in [2.45, 2.75) is 4.90 Å². The van der Waals surface area contributed by atoms with Crippen LogP contribution in [0.25, 0.3) is 0 Å². The Kier molecular flexibility index (Phi) is 2.96. The maximum atomic E-state index is 11.2. The predicted octanol–water partition coefficient (Wildman–Crippen LogP) is 1.35. The average Bonchev–Trinajstić information content (AvgIpc) is 2.05. The van der Waals surface area contributed by atoms with Gasteiger partial charge in [-0.05, 0) is 24.3 Å². The van der Waals surface area contributed by atoms with Gasteiger partial charge in [0.2, 0.25) is 0 Å². The first-order valence-corrected chi connectivity index (χ1v) is 5.69. The first kappa shape index (κ1) is 9.80. The second kappa shape index (κ2) is 3.62. The van der Waals surface area contributed by atoms with E-state index in [2.05, 4.69) is 15.9 Å². The summed E-state index contributed by atoms with van der Waals surface area (Å²) < 4.78 is 23.2. The lowest BCUT2D eigenvalue weighted by atomic mass is 10.2. The number of rotatable bonds is 2. The topological polar surface area (TPSA) is 34.1 Å². The van der Waals surface area contributed by atoms with Crippen LogP contribution in [0.15, 0.2) is 33.6 Å². The number of hydrogen-bond donors (Lipinski definition) is 0. The van der Waals surface area contributed by atoms with Gasteiger partial charge in [0.1, 0.15) is 0 Å². The second-order valence-electron chi connectivity index (χ2n) is 2.24. The zero-order chi connectivity index (χ0) is 9.19. The molecule has 0 aromatic heterocycles. The summed E-state index contributed by atoms with van der Waals surface area (Å²) in [5, 5.41) is 0. The summed E-state index contributed by atoms with van der Waals surface area (Å²) >= 11 is 3.21. The van der Waals surface area contributed by atoms with Gasteiger partial charge in [0.05, 0.1) is 12.7 Å². The van der Waals surface area contributed by atoms with E-state index in [9.17, 15) is 8.42 Å². The van der Waals surface area contributed by atoms with Crippen molar-refractivity contribution in [2.24, 2.45) is 0 Å². The molecule has 0 N–H and O–H groups in total.